The van der Waals surface area contributed by atoms with Gasteiger partial charge in [0.15, 0.2) is 0 Å². The molecule has 0 atom stereocenters. The molecular weight excluding hydrogens is 1310 g/mol. The minimum absolute atomic E-state index is 1.16. The van der Waals surface area contributed by atoms with Gasteiger partial charge in [-0.15, -0.1) is 0 Å². The first-order valence-electron chi connectivity index (χ1n) is 37.5. The molecular formula is C104H72N4. The maximum absolute atomic E-state index is 2.43. The van der Waals surface area contributed by atoms with E-state index in [0.717, 1.165) is 11.4 Å². The van der Waals surface area contributed by atoms with Gasteiger partial charge in [-0.2, -0.15) is 0 Å². The molecule has 508 valence electrons. The summed E-state index contributed by atoms with van der Waals surface area (Å²) in [6.07, 6.45) is 0. The van der Waals surface area contributed by atoms with Gasteiger partial charge in [0.25, 0.3) is 0 Å². The van der Waals surface area contributed by atoms with Gasteiger partial charge < -0.3 is 18.3 Å². The molecule has 4 heteroatoms. The Morgan fingerprint density at radius 2 is 0.324 bits per heavy atom. The summed E-state index contributed by atoms with van der Waals surface area (Å²) in [5.41, 5.74) is 29.5. The molecule has 4 aromatic heterocycles. The zero-order chi connectivity index (χ0) is 71.8. The quantitative estimate of drug-likeness (QED) is 0.135. The van der Waals surface area contributed by atoms with E-state index < -0.39 is 0 Å². The average Bonchev–Trinajstić information content (AvgIpc) is 1.38. The molecule has 18 aromatic carbocycles. The van der Waals surface area contributed by atoms with E-state index in [-0.39, 0.29) is 0 Å². The summed E-state index contributed by atoms with van der Waals surface area (Å²) in [4.78, 5) is 0. The lowest BCUT2D eigenvalue weighted by molar-refractivity contribution is 1.17. The van der Waals surface area contributed by atoms with Crippen molar-refractivity contribution < 1.29 is 0 Å². The van der Waals surface area contributed by atoms with Gasteiger partial charge in [-0.25, -0.2) is 0 Å². The Bertz CT molecular complexity index is 7070. The highest BCUT2D eigenvalue weighted by atomic mass is 15.0. The first kappa shape index (κ1) is 62.7. The van der Waals surface area contributed by atoms with E-state index in [1.54, 1.807) is 0 Å². The van der Waals surface area contributed by atoms with Crippen molar-refractivity contribution in [2.75, 3.05) is 0 Å². The highest BCUT2D eigenvalue weighted by molar-refractivity contribution is 6.24. The fraction of sp³-hybridized carbons (Fsp3) is 0.0385. The highest BCUT2D eigenvalue weighted by Gasteiger charge is 2.23. The minimum atomic E-state index is 1.16. The lowest BCUT2D eigenvalue weighted by Gasteiger charge is -2.18. The van der Waals surface area contributed by atoms with Crippen molar-refractivity contribution in [2.45, 2.75) is 27.7 Å². The van der Waals surface area contributed by atoms with Crippen molar-refractivity contribution in [1.29, 1.82) is 0 Å². The predicted molar refractivity (Wildman–Crippen MR) is 461 cm³/mol. The molecule has 22 rings (SSSR count). The van der Waals surface area contributed by atoms with E-state index >= 15 is 0 Å². The number of benzene rings is 18. The van der Waals surface area contributed by atoms with Gasteiger partial charge in [-0.3, -0.25) is 0 Å². The number of aryl methyl sites for hydroxylation is 4. The largest absolute Gasteiger partial charge is 0.309 e. The molecule has 0 unspecified atom stereocenters. The van der Waals surface area contributed by atoms with Crippen LogP contribution in [-0.4, -0.2) is 18.3 Å². The number of rotatable bonds is 8. The smallest absolute Gasteiger partial charge is 0.0543 e. The van der Waals surface area contributed by atoms with Crippen molar-refractivity contribution in [3.63, 3.8) is 0 Å². The van der Waals surface area contributed by atoms with E-state index in [9.17, 15) is 0 Å². The zero-order valence-electron chi connectivity index (χ0n) is 60.4. The number of hydrogen-bond donors (Lipinski definition) is 0. The third-order valence-electron chi connectivity index (χ3n) is 22.8. The number of aromatic nitrogens is 4. The van der Waals surface area contributed by atoms with Crippen LogP contribution in [0.5, 0.6) is 0 Å². The topological polar surface area (TPSA) is 19.7 Å². The van der Waals surface area contributed by atoms with Gasteiger partial charge in [-0.05, 0) is 236 Å². The SMILES string of the molecule is Cc1ccc2c(c1)c1cc(C)ccc1n2-c1ccc(-c2c3ccccc3c(-c3ccc(-n4c5ccccc5c5ccccc54)cc3)c3ccccc23)cc1.Cc1ccc2c3ccc(C)cc3n(-c3ccc(-c4c5ccccc5c(-c5ccc(-n6c7ccccc7c7ccccc76)cc5)c5ccccc45)cc3)c2c1. The van der Waals surface area contributed by atoms with Crippen LogP contribution in [0.4, 0.5) is 0 Å². The molecule has 0 amide bonds. The molecule has 0 saturated carbocycles. The van der Waals surface area contributed by atoms with E-state index in [2.05, 4.69) is 410 Å². The molecule has 0 aliphatic carbocycles. The monoisotopic (exact) mass is 1380 g/mol. The van der Waals surface area contributed by atoms with Crippen LogP contribution in [0, 0.1) is 27.7 Å². The summed E-state index contributed by atoms with van der Waals surface area (Å²) >= 11 is 0. The van der Waals surface area contributed by atoms with Crippen LogP contribution in [0.2, 0.25) is 0 Å². The summed E-state index contributed by atoms with van der Waals surface area (Å²) < 4.78 is 9.62. The summed E-state index contributed by atoms with van der Waals surface area (Å²) in [5.74, 6) is 0. The van der Waals surface area contributed by atoms with E-state index in [4.69, 9.17) is 0 Å². The molecule has 108 heavy (non-hydrogen) atoms. The van der Waals surface area contributed by atoms with Crippen molar-refractivity contribution in [1.82, 2.24) is 18.3 Å². The Labute approximate surface area is 625 Å². The predicted octanol–water partition coefficient (Wildman–Crippen LogP) is 28.3. The molecule has 0 aliphatic rings. The minimum Gasteiger partial charge on any atom is -0.309 e. The van der Waals surface area contributed by atoms with Crippen LogP contribution in [0.3, 0.4) is 0 Å². The lowest BCUT2D eigenvalue weighted by Crippen LogP contribution is -1.95. The second-order valence-electron chi connectivity index (χ2n) is 29.4. The van der Waals surface area contributed by atoms with Crippen LogP contribution >= 0.6 is 0 Å². The maximum Gasteiger partial charge on any atom is 0.0543 e. The number of fused-ring (bicyclic) bond motifs is 16. The molecule has 4 heterocycles. The third kappa shape index (κ3) is 9.91. The van der Waals surface area contributed by atoms with E-state index in [0.29, 0.717) is 0 Å². The zero-order valence-corrected chi connectivity index (χ0v) is 60.4. The summed E-state index contributed by atoms with van der Waals surface area (Å²) in [7, 11) is 0. The number of para-hydroxylation sites is 4. The molecule has 22 aromatic rings. The second-order valence-corrected chi connectivity index (χ2v) is 29.4. The summed E-state index contributed by atoms with van der Waals surface area (Å²) in [6.45, 7) is 8.70. The molecule has 0 bridgehead atoms. The van der Waals surface area contributed by atoms with Gasteiger partial charge in [-0.1, -0.05) is 266 Å². The Kier molecular flexibility index (Phi) is 14.5. The molecule has 0 aliphatic heterocycles. The van der Waals surface area contributed by atoms with Gasteiger partial charge in [0, 0.05) is 65.8 Å². The fourth-order valence-corrected chi connectivity index (χ4v) is 18.1. The molecule has 0 fully saturated rings. The standard InChI is InChI=1S/2C52H36N2/c1-33-19-29-41-42-30-20-34(2)32-50(42)54(49(41)31-33)38-27-23-36(24-28-38)52-45-15-5-3-13-43(45)51(44-14-4-6-16-46(44)52)35-21-25-37(26-22-35)53-47-17-9-7-11-39(47)40-12-8-10-18-48(40)53;1-33-19-29-49-45(31-33)46-32-34(2)20-30-50(46)54(49)38-27-23-36(24-28-38)52-43-15-5-3-13-41(43)51(42-14-4-6-16-44(42)52)35-21-25-37(26-22-35)53-47-17-9-7-11-39(47)40-12-8-10-18-48(40)53/h2*3-32H,1-2H3. The maximum atomic E-state index is 2.43. The van der Waals surface area contributed by atoms with E-state index in [1.165, 1.54) is 208 Å². The molecule has 0 radical (unpaired) electrons. The average molecular weight is 1380 g/mol. The molecule has 0 spiro atoms. The Morgan fingerprint density at radius 3 is 0.574 bits per heavy atom. The molecule has 4 nitrogen and oxygen atoms in total. The molecule has 0 N–H and O–H groups in total. The van der Waals surface area contributed by atoms with Crippen LogP contribution in [0.25, 0.3) is 198 Å². The molecule has 0 saturated heterocycles. The van der Waals surface area contributed by atoms with Crippen LogP contribution < -0.4 is 0 Å². The van der Waals surface area contributed by atoms with Crippen molar-refractivity contribution in [3.8, 4) is 67.3 Å². The van der Waals surface area contributed by atoms with Crippen LogP contribution in [-0.2, 0) is 0 Å². The third-order valence-corrected chi connectivity index (χ3v) is 22.8. The van der Waals surface area contributed by atoms with Crippen LogP contribution in [0.15, 0.2) is 364 Å². The number of nitrogens with zero attached hydrogens (tertiary/aromatic N) is 4. The Balaban J connectivity index is 0.000000138. The second kappa shape index (κ2) is 24.9. The van der Waals surface area contributed by atoms with Gasteiger partial charge in [0.1, 0.15) is 0 Å². The van der Waals surface area contributed by atoms with Gasteiger partial charge >= 0.3 is 0 Å². The van der Waals surface area contributed by atoms with Gasteiger partial charge in [0.2, 0.25) is 0 Å². The van der Waals surface area contributed by atoms with Crippen molar-refractivity contribution in [3.05, 3.63) is 386 Å². The first-order chi connectivity index (χ1) is 53.2. The van der Waals surface area contributed by atoms with Gasteiger partial charge in [0.05, 0.1) is 44.1 Å². The lowest BCUT2D eigenvalue weighted by atomic mass is 9.86. The van der Waals surface area contributed by atoms with Crippen molar-refractivity contribution >= 4 is 130 Å². The van der Waals surface area contributed by atoms with Crippen LogP contribution in [0.1, 0.15) is 22.3 Å². The van der Waals surface area contributed by atoms with Crippen molar-refractivity contribution in [2.24, 2.45) is 0 Å². The number of hydrogen-bond acceptors (Lipinski definition) is 0. The Hall–Kier alpha value is -13.8. The summed E-state index contributed by atoms with van der Waals surface area (Å²) in [6, 6.07) is 134. The van der Waals surface area contributed by atoms with E-state index in [1.807, 2.05) is 0 Å². The normalized spacial score (nSPS) is 11.9. The summed E-state index contributed by atoms with van der Waals surface area (Å²) in [5, 5.41) is 20.3. The Morgan fingerprint density at radius 1 is 0.139 bits per heavy atom. The fourth-order valence-electron chi connectivity index (χ4n) is 18.1. The first-order valence-corrected chi connectivity index (χ1v) is 37.5. The highest BCUT2D eigenvalue weighted by Crippen LogP contribution is 2.48.